The maximum absolute atomic E-state index is 12.2. The number of carbonyl (C=O) groups is 2. The van der Waals surface area contributed by atoms with Crippen molar-refractivity contribution in [3.8, 4) is 5.75 Å². The number of benzene rings is 2. The molecule has 1 saturated heterocycles. The van der Waals surface area contributed by atoms with Gasteiger partial charge in [-0.3, -0.25) is 14.9 Å². The van der Waals surface area contributed by atoms with Crippen molar-refractivity contribution in [3.63, 3.8) is 0 Å². The molecule has 0 atom stereocenters. The fourth-order valence-electron chi connectivity index (χ4n) is 3.31. The summed E-state index contributed by atoms with van der Waals surface area (Å²) in [5.41, 5.74) is 2.67. The van der Waals surface area contributed by atoms with Crippen molar-refractivity contribution < 1.29 is 14.3 Å². The fourth-order valence-corrected chi connectivity index (χ4v) is 3.52. The highest BCUT2D eigenvalue weighted by Gasteiger charge is 2.20. The van der Waals surface area contributed by atoms with Gasteiger partial charge < -0.3 is 19.9 Å². The molecule has 3 rings (SSSR count). The molecule has 0 bridgehead atoms. The summed E-state index contributed by atoms with van der Waals surface area (Å²) in [7, 11) is 1.61. The number of anilines is 2. The number of amides is 2. The van der Waals surface area contributed by atoms with Gasteiger partial charge in [0.1, 0.15) is 5.75 Å². The van der Waals surface area contributed by atoms with Crippen LogP contribution in [-0.4, -0.2) is 55.1 Å². The van der Waals surface area contributed by atoms with Crippen molar-refractivity contribution in [2.24, 2.45) is 0 Å². The largest absolute Gasteiger partial charge is 0.497 e. The molecule has 0 unspecified atom stereocenters. The molecule has 0 aliphatic carbocycles. The molecule has 2 aromatic carbocycles. The van der Waals surface area contributed by atoms with Gasteiger partial charge in [-0.2, -0.15) is 0 Å². The Morgan fingerprint density at radius 3 is 2.35 bits per heavy atom. The number of rotatable bonds is 5. The number of piperazine rings is 1. The minimum absolute atomic E-state index is 0.0950. The average molecular weight is 439 g/mol. The van der Waals surface area contributed by atoms with E-state index >= 15 is 0 Å². The second kappa shape index (κ2) is 10.6. The van der Waals surface area contributed by atoms with Crippen molar-refractivity contribution >= 4 is 46.6 Å². The molecule has 0 saturated carbocycles. The molecule has 2 amide bonds. The monoisotopic (exact) mass is 438 g/mol. The molecule has 162 valence electrons. The van der Waals surface area contributed by atoms with Crippen LogP contribution in [0.1, 0.15) is 12.5 Å². The van der Waals surface area contributed by atoms with Gasteiger partial charge in [0.15, 0.2) is 5.11 Å². The van der Waals surface area contributed by atoms with Crippen LogP contribution >= 0.6 is 12.2 Å². The zero-order valence-corrected chi connectivity index (χ0v) is 18.4. The smallest absolute Gasteiger partial charge is 0.250 e. The lowest BCUT2D eigenvalue weighted by Gasteiger charge is -2.36. The number of carbonyl (C=O) groups excluding carboxylic acids is 2. The van der Waals surface area contributed by atoms with Gasteiger partial charge in [-0.05, 0) is 48.1 Å². The third-order valence-electron chi connectivity index (χ3n) is 5.00. The predicted molar refractivity (Wildman–Crippen MR) is 127 cm³/mol. The summed E-state index contributed by atoms with van der Waals surface area (Å²) in [5.74, 6) is 0.534. The van der Waals surface area contributed by atoms with Crippen LogP contribution < -0.4 is 20.3 Å². The van der Waals surface area contributed by atoms with Gasteiger partial charge in [-0.1, -0.05) is 24.3 Å². The molecule has 8 heteroatoms. The minimum atomic E-state index is -0.319. The molecule has 0 aromatic heterocycles. The topological polar surface area (TPSA) is 73.9 Å². The first-order valence-corrected chi connectivity index (χ1v) is 10.4. The van der Waals surface area contributed by atoms with E-state index in [0.717, 1.165) is 35.8 Å². The Labute approximate surface area is 187 Å². The van der Waals surface area contributed by atoms with Gasteiger partial charge in [0.2, 0.25) is 11.8 Å². The summed E-state index contributed by atoms with van der Waals surface area (Å²) in [5, 5.41) is 6.01. The molecule has 0 radical (unpaired) electrons. The van der Waals surface area contributed by atoms with Crippen molar-refractivity contribution in [1.82, 2.24) is 10.2 Å². The van der Waals surface area contributed by atoms with Crippen LogP contribution in [0.3, 0.4) is 0 Å². The molecule has 2 aromatic rings. The number of nitrogens with zero attached hydrogens (tertiary/aromatic N) is 2. The highest BCUT2D eigenvalue weighted by atomic mass is 32.1. The van der Waals surface area contributed by atoms with Gasteiger partial charge in [-0.25, -0.2) is 0 Å². The van der Waals surface area contributed by atoms with Gasteiger partial charge in [0.05, 0.1) is 18.5 Å². The summed E-state index contributed by atoms with van der Waals surface area (Å²) in [4.78, 5) is 27.8. The molecule has 2 N–H and O–H groups in total. The second-order valence-corrected chi connectivity index (χ2v) is 7.47. The molecular weight excluding hydrogens is 412 g/mol. The Bertz CT molecular complexity index is 967. The summed E-state index contributed by atoms with van der Waals surface area (Å²) in [6, 6.07) is 15.2. The van der Waals surface area contributed by atoms with Crippen LogP contribution in [0.5, 0.6) is 5.75 Å². The summed E-state index contributed by atoms with van der Waals surface area (Å²) >= 11 is 5.33. The van der Waals surface area contributed by atoms with E-state index in [0.29, 0.717) is 13.1 Å². The number of thiocarbonyl (C=S) groups is 1. The zero-order chi connectivity index (χ0) is 22.2. The van der Waals surface area contributed by atoms with E-state index in [-0.39, 0.29) is 16.9 Å². The maximum atomic E-state index is 12.2. The Morgan fingerprint density at radius 2 is 1.71 bits per heavy atom. The molecular formula is C23H26N4O3S. The van der Waals surface area contributed by atoms with Gasteiger partial charge in [-0.15, -0.1) is 0 Å². The van der Waals surface area contributed by atoms with Crippen LogP contribution in [0.2, 0.25) is 0 Å². The first kappa shape index (κ1) is 22.3. The predicted octanol–water partition coefficient (Wildman–Crippen LogP) is 2.89. The van der Waals surface area contributed by atoms with E-state index in [1.54, 1.807) is 20.1 Å². The van der Waals surface area contributed by atoms with Crippen LogP contribution in [-0.2, 0) is 9.59 Å². The highest BCUT2D eigenvalue weighted by molar-refractivity contribution is 7.80. The molecule has 0 spiro atoms. The van der Waals surface area contributed by atoms with Gasteiger partial charge >= 0.3 is 0 Å². The lowest BCUT2D eigenvalue weighted by molar-refractivity contribution is -0.129. The lowest BCUT2D eigenvalue weighted by Crippen LogP contribution is -2.48. The van der Waals surface area contributed by atoms with E-state index in [2.05, 4.69) is 15.5 Å². The SMILES string of the molecule is COc1ccc(C=CC(=O)NC(=S)Nc2ccccc2N2CCN(C(C)=O)CC2)cc1. The summed E-state index contributed by atoms with van der Waals surface area (Å²) in [6.07, 6.45) is 3.14. The minimum Gasteiger partial charge on any atom is -0.497 e. The number of ether oxygens (including phenoxy) is 1. The van der Waals surface area contributed by atoms with E-state index in [4.69, 9.17) is 17.0 Å². The fraction of sp³-hybridized carbons (Fsp3) is 0.261. The van der Waals surface area contributed by atoms with Crippen LogP contribution in [0.25, 0.3) is 6.08 Å². The van der Waals surface area contributed by atoms with Crippen molar-refractivity contribution in [1.29, 1.82) is 0 Å². The summed E-state index contributed by atoms with van der Waals surface area (Å²) < 4.78 is 5.12. The third kappa shape index (κ3) is 6.29. The van der Waals surface area contributed by atoms with Crippen molar-refractivity contribution in [3.05, 3.63) is 60.2 Å². The molecule has 1 heterocycles. The second-order valence-electron chi connectivity index (χ2n) is 7.06. The van der Waals surface area contributed by atoms with Crippen molar-refractivity contribution in [2.75, 3.05) is 43.5 Å². The molecule has 31 heavy (non-hydrogen) atoms. The molecule has 7 nitrogen and oxygen atoms in total. The number of para-hydroxylation sites is 2. The zero-order valence-electron chi connectivity index (χ0n) is 17.6. The first-order chi connectivity index (χ1) is 15.0. The quantitative estimate of drug-likeness (QED) is 0.552. The van der Waals surface area contributed by atoms with Gasteiger partial charge in [0.25, 0.3) is 0 Å². The Balaban J connectivity index is 1.57. The Hall–Kier alpha value is -3.39. The average Bonchev–Trinajstić information content (AvgIpc) is 2.78. The lowest BCUT2D eigenvalue weighted by atomic mass is 10.2. The highest BCUT2D eigenvalue weighted by Crippen LogP contribution is 2.26. The molecule has 1 aliphatic heterocycles. The van der Waals surface area contributed by atoms with E-state index in [9.17, 15) is 9.59 Å². The number of hydrogen-bond acceptors (Lipinski definition) is 5. The Kier molecular flexibility index (Phi) is 7.61. The standard InChI is InChI=1S/C23H26N4O3S/c1-17(28)26-13-15-27(16-14-26)21-6-4-3-5-20(21)24-23(31)25-22(29)12-9-18-7-10-19(30-2)11-8-18/h3-12H,13-16H2,1-2H3,(H2,24,25,29,31). The molecule has 1 aliphatic rings. The number of methoxy groups -OCH3 is 1. The van der Waals surface area contributed by atoms with Crippen LogP contribution in [0, 0.1) is 0 Å². The van der Waals surface area contributed by atoms with Crippen LogP contribution in [0.4, 0.5) is 11.4 Å². The first-order valence-electron chi connectivity index (χ1n) is 10.00. The van der Waals surface area contributed by atoms with E-state index in [1.165, 1.54) is 6.08 Å². The third-order valence-corrected chi connectivity index (χ3v) is 5.20. The van der Waals surface area contributed by atoms with Crippen molar-refractivity contribution in [2.45, 2.75) is 6.92 Å². The Morgan fingerprint density at radius 1 is 1.03 bits per heavy atom. The van der Waals surface area contributed by atoms with Crippen LogP contribution in [0.15, 0.2) is 54.6 Å². The van der Waals surface area contributed by atoms with E-state index < -0.39 is 0 Å². The molecule has 1 fully saturated rings. The number of hydrogen-bond donors (Lipinski definition) is 2. The van der Waals surface area contributed by atoms with E-state index in [1.807, 2.05) is 53.4 Å². The van der Waals surface area contributed by atoms with Gasteiger partial charge in [0, 0.05) is 39.2 Å². The summed E-state index contributed by atoms with van der Waals surface area (Å²) in [6.45, 7) is 4.43. The normalized spacial score (nSPS) is 13.7. The number of nitrogens with one attached hydrogen (secondary N) is 2. The maximum Gasteiger partial charge on any atom is 0.250 e.